The van der Waals surface area contributed by atoms with E-state index in [0.717, 1.165) is 12.8 Å². The van der Waals surface area contributed by atoms with E-state index in [4.69, 9.17) is 19.9 Å². The first-order valence-corrected chi connectivity index (χ1v) is 8.08. The minimum atomic E-state index is -0.0519. The molecule has 1 aromatic rings. The molecule has 0 bridgehead atoms. The van der Waals surface area contributed by atoms with Crippen LogP contribution < -0.4 is 15.2 Å². The minimum Gasteiger partial charge on any atom is -0.493 e. The molecule has 0 aliphatic carbocycles. The van der Waals surface area contributed by atoms with E-state index in [-0.39, 0.29) is 12.0 Å². The van der Waals surface area contributed by atoms with Crippen LogP contribution in [-0.2, 0) is 4.74 Å². The van der Waals surface area contributed by atoms with Crippen molar-refractivity contribution in [3.63, 3.8) is 0 Å². The van der Waals surface area contributed by atoms with E-state index >= 15 is 0 Å². The lowest BCUT2D eigenvalue weighted by Crippen LogP contribution is -2.36. The second-order valence-corrected chi connectivity index (χ2v) is 5.61. The van der Waals surface area contributed by atoms with Crippen molar-refractivity contribution in [3.8, 4) is 11.5 Å². The van der Waals surface area contributed by atoms with Crippen molar-refractivity contribution in [2.75, 3.05) is 40.0 Å². The molecule has 1 aliphatic heterocycles. The fourth-order valence-corrected chi connectivity index (χ4v) is 2.60. The summed E-state index contributed by atoms with van der Waals surface area (Å²) in [7, 11) is 1.57. The lowest BCUT2D eigenvalue weighted by Gasteiger charge is -2.24. The van der Waals surface area contributed by atoms with Crippen LogP contribution in [0.5, 0.6) is 11.5 Å². The molecule has 1 heterocycles. The smallest absolute Gasteiger partial charge is 0.257 e. The molecule has 128 valence electrons. The number of benzene rings is 1. The Balaban J connectivity index is 2.23. The lowest BCUT2D eigenvalue weighted by atomic mass is 10.1. The van der Waals surface area contributed by atoms with Gasteiger partial charge in [-0.25, -0.2) is 0 Å². The van der Waals surface area contributed by atoms with Crippen molar-refractivity contribution in [1.82, 2.24) is 4.90 Å². The topological polar surface area (TPSA) is 74.0 Å². The van der Waals surface area contributed by atoms with Crippen molar-refractivity contribution < 1.29 is 19.0 Å². The number of para-hydroxylation sites is 1. The molecule has 23 heavy (non-hydrogen) atoms. The normalized spacial score (nSPS) is 18.4. The first kappa shape index (κ1) is 17.6. The fraction of sp³-hybridized carbons (Fsp3) is 0.588. The molecule has 1 saturated heterocycles. The molecule has 1 fully saturated rings. The Morgan fingerprint density at radius 3 is 3.04 bits per heavy atom. The van der Waals surface area contributed by atoms with E-state index in [2.05, 4.69) is 0 Å². The van der Waals surface area contributed by atoms with Gasteiger partial charge in [0.05, 0.1) is 25.4 Å². The molecule has 0 saturated carbocycles. The number of nitrogens with zero attached hydrogens (tertiary/aromatic N) is 1. The number of amides is 1. The molecule has 1 amide bonds. The second kappa shape index (κ2) is 8.74. The van der Waals surface area contributed by atoms with Gasteiger partial charge in [0, 0.05) is 19.7 Å². The van der Waals surface area contributed by atoms with Crippen molar-refractivity contribution >= 4 is 5.91 Å². The Morgan fingerprint density at radius 1 is 1.48 bits per heavy atom. The highest BCUT2D eigenvalue weighted by Gasteiger charge is 2.25. The van der Waals surface area contributed by atoms with Gasteiger partial charge in [-0.1, -0.05) is 6.07 Å². The maximum atomic E-state index is 12.9. The van der Waals surface area contributed by atoms with E-state index in [1.54, 1.807) is 25.3 Å². The van der Waals surface area contributed by atoms with Gasteiger partial charge in [-0.05, 0) is 38.4 Å². The highest BCUT2D eigenvalue weighted by molar-refractivity contribution is 5.97. The molecule has 0 spiro atoms. The largest absolute Gasteiger partial charge is 0.493 e. The summed E-state index contributed by atoms with van der Waals surface area (Å²) in [6, 6.07) is 5.38. The van der Waals surface area contributed by atoms with Gasteiger partial charge in [-0.3, -0.25) is 4.79 Å². The van der Waals surface area contributed by atoms with E-state index in [1.807, 2.05) is 11.8 Å². The average Bonchev–Trinajstić information content (AvgIpc) is 2.79. The molecule has 1 aromatic carbocycles. The van der Waals surface area contributed by atoms with Crippen molar-refractivity contribution in [3.05, 3.63) is 23.8 Å². The highest BCUT2D eigenvalue weighted by atomic mass is 16.5. The Hall–Kier alpha value is -1.79. The molecular formula is C17H26N2O4. The third kappa shape index (κ3) is 4.59. The number of hydrogen-bond acceptors (Lipinski definition) is 5. The molecule has 1 aliphatic rings. The zero-order valence-electron chi connectivity index (χ0n) is 13.9. The van der Waals surface area contributed by atoms with Gasteiger partial charge in [0.2, 0.25) is 0 Å². The number of rotatable bonds is 6. The number of ether oxygens (including phenoxy) is 3. The van der Waals surface area contributed by atoms with Crippen LogP contribution >= 0.6 is 0 Å². The van der Waals surface area contributed by atoms with Gasteiger partial charge in [-0.2, -0.15) is 0 Å². The van der Waals surface area contributed by atoms with E-state index in [9.17, 15) is 4.79 Å². The Bertz CT molecular complexity index is 521. The third-order valence-corrected chi connectivity index (χ3v) is 3.76. The summed E-state index contributed by atoms with van der Waals surface area (Å²) in [6.45, 7) is 4.93. The number of carbonyl (C=O) groups excluding carboxylic acids is 1. The van der Waals surface area contributed by atoms with Crippen LogP contribution in [0.3, 0.4) is 0 Å². The zero-order valence-corrected chi connectivity index (χ0v) is 13.9. The van der Waals surface area contributed by atoms with Crippen LogP contribution in [0.25, 0.3) is 0 Å². The van der Waals surface area contributed by atoms with Gasteiger partial charge >= 0.3 is 0 Å². The summed E-state index contributed by atoms with van der Waals surface area (Å²) in [5.74, 6) is 1.00. The molecule has 6 nitrogen and oxygen atoms in total. The minimum absolute atomic E-state index is 0.0358. The lowest BCUT2D eigenvalue weighted by molar-refractivity contribution is 0.0560. The average molecular weight is 322 g/mol. The number of hydrogen-bond donors (Lipinski definition) is 1. The van der Waals surface area contributed by atoms with Crippen LogP contribution in [0.2, 0.25) is 0 Å². The van der Waals surface area contributed by atoms with Gasteiger partial charge in [0.15, 0.2) is 11.5 Å². The summed E-state index contributed by atoms with van der Waals surface area (Å²) in [6.07, 6.45) is 1.60. The predicted molar refractivity (Wildman–Crippen MR) is 88.1 cm³/mol. The number of methoxy groups -OCH3 is 1. The van der Waals surface area contributed by atoms with Crippen LogP contribution in [0.15, 0.2) is 18.2 Å². The van der Waals surface area contributed by atoms with Gasteiger partial charge in [0.1, 0.15) is 0 Å². The van der Waals surface area contributed by atoms with Crippen molar-refractivity contribution in [2.24, 2.45) is 5.73 Å². The molecule has 2 rings (SSSR count). The van der Waals surface area contributed by atoms with E-state index < -0.39 is 0 Å². The first-order chi connectivity index (χ1) is 11.2. The molecule has 0 unspecified atom stereocenters. The molecule has 0 radical (unpaired) electrons. The van der Waals surface area contributed by atoms with Crippen LogP contribution in [-0.4, -0.2) is 56.9 Å². The maximum Gasteiger partial charge on any atom is 0.257 e. The first-order valence-electron chi connectivity index (χ1n) is 8.08. The monoisotopic (exact) mass is 322 g/mol. The van der Waals surface area contributed by atoms with Gasteiger partial charge in [0.25, 0.3) is 5.91 Å². The van der Waals surface area contributed by atoms with Crippen LogP contribution in [0.4, 0.5) is 0 Å². The standard InChI is InChI=1S/C17H26N2O4/c1-13-12-19(9-5-11-22-13)17(20)14-6-3-7-15(21-2)16(14)23-10-4-8-18/h3,6-7,13H,4-5,8-12,18H2,1-2H3/t13-/m0/s1. The fourth-order valence-electron chi connectivity index (χ4n) is 2.60. The number of carbonyl (C=O) groups is 1. The maximum absolute atomic E-state index is 12.9. The summed E-state index contributed by atoms with van der Waals surface area (Å²) >= 11 is 0. The quantitative estimate of drug-likeness (QED) is 0.807. The summed E-state index contributed by atoms with van der Waals surface area (Å²) in [4.78, 5) is 14.8. The molecule has 2 N–H and O–H groups in total. The van der Waals surface area contributed by atoms with E-state index in [0.29, 0.717) is 49.9 Å². The molecule has 1 atom stereocenters. The highest BCUT2D eigenvalue weighted by Crippen LogP contribution is 2.32. The Morgan fingerprint density at radius 2 is 2.30 bits per heavy atom. The molecule has 6 heteroatoms. The summed E-state index contributed by atoms with van der Waals surface area (Å²) in [5.41, 5.74) is 6.03. The van der Waals surface area contributed by atoms with Crippen molar-refractivity contribution in [1.29, 1.82) is 0 Å². The Labute approximate surface area is 137 Å². The van der Waals surface area contributed by atoms with Crippen LogP contribution in [0.1, 0.15) is 30.1 Å². The Kier molecular flexibility index (Phi) is 6.67. The number of nitrogens with two attached hydrogens (primary N) is 1. The summed E-state index contributed by atoms with van der Waals surface area (Å²) < 4.78 is 16.7. The zero-order chi connectivity index (χ0) is 16.7. The second-order valence-electron chi connectivity index (χ2n) is 5.61. The molecule has 0 aromatic heterocycles. The third-order valence-electron chi connectivity index (χ3n) is 3.76. The van der Waals surface area contributed by atoms with Crippen LogP contribution in [0, 0.1) is 0 Å². The van der Waals surface area contributed by atoms with Gasteiger partial charge in [-0.15, -0.1) is 0 Å². The SMILES string of the molecule is COc1cccc(C(=O)N2CCCO[C@@H](C)C2)c1OCCCN. The predicted octanol–water partition coefficient (Wildman–Crippen LogP) is 1.67. The van der Waals surface area contributed by atoms with Crippen molar-refractivity contribution in [2.45, 2.75) is 25.9 Å². The summed E-state index contributed by atoms with van der Waals surface area (Å²) in [5, 5.41) is 0. The molecular weight excluding hydrogens is 296 g/mol. The van der Waals surface area contributed by atoms with E-state index in [1.165, 1.54) is 0 Å². The van der Waals surface area contributed by atoms with Gasteiger partial charge < -0.3 is 24.8 Å².